The molecule has 0 aliphatic carbocycles. The molecule has 0 N–H and O–H groups in total. The lowest BCUT2D eigenvalue weighted by atomic mass is 9.88. The van der Waals surface area contributed by atoms with Crippen molar-refractivity contribution in [3.8, 4) is 5.75 Å². The SMILES string of the molecule is COc1ccccc1CCCCCN1CC[C@@H]2[C@H](C1)c1cccc3c1N2CCCN3C. The second-order valence-electron chi connectivity index (χ2n) is 9.57. The first-order valence-corrected chi connectivity index (χ1v) is 12.2. The number of rotatable bonds is 7. The highest BCUT2D eigenvalue weighted by Crippen LogP contribution is 2.49. The Hall–Kier alpha value is -2.20. The van der Waals surface area contributed by atoms with Gasteiger partial charge in [0.05, 0.1) is 18.5 Å². The zero-order valence-corrected chi connectivity index (χ0v) is 19.2. The normalized spacial score (nSPS) is 22.8. The smallest absolute Gasteiger partial charge is 0.122 e. The van der Waals surface area contributed by atoms with Crippen molar-refractivity contribution >= 4 is 11.4 Å². The van der Waals surface area contributed by atoms with Crippen molar-refractivity contribution in [2.75, 3.05) is 56.7 Å². The van der Waals surface area contributed by atoms with E-state index in [2.05, 4.69) is 64.2 Å². The quantitative estimate of drug-likeness (QED) is 0.593. The summed E-state index contributed by atoms with van der Waals surface area (Å²) >= 11 is 0. The molecule has 3 aliphatic rings. The molecule has 0 spiro atoms. The minimum atomic E-state index is 0.684. The van der Waals surface area contributed by atoms with Gasteiger partial charge in [-0.1, -0.05) is 36.8 Å². The maximum absolute atomic E-state index is 5.50. The number of benzene rings is 2. The highest BCUT2D eigenvalue weighted by atomic mass is 16.5. The highest BCUT2D eigenvalue weighted by Gasteiger charge is 2.43. The third kappa shape index (κ3) is 4.03. The van der Waals surface area contributed by atoms with Crippen molar-refractivity contribution in [2.45, 2.75) is 50.5 Å². The molecule has 0 amide bonds. The molecule has 0 unspecified atom stereocenters. The third-order valence-electron chi connectivity index (χ3n) is 7.71. The van der Waals surface area contributed by atoms with Crippen molar-refractivity contribution in [3.63, 3.8) is 0 Å². The Balaban J connectivity index is 1.16. The fraction of sp³-hybridized carbons (Fsp3) is 0.556. The van der Waals surface area contributed by atoms with Gasteiger partial charge in [-0.2, -0.15) is 0 Å². The van der Waals surface area contributed by atoms with E-state index >= 15 is 0 Å². The molecule has 5 rings (SSSR count). The molecule has 3 aliphatic heterocycles. The first-order valence-electron chi connectivity index (χ1n) is 12.2. The van der Waals surface area contributed by atoms with E-state index in [0.717, 1.165) is 12.2 Å². The van der Waals surface area contributed by atoms with Gasteiger partial charge in [0, 0.05) is 45.2 Å². The number of nitrogens with zero attached hydrogens (tertiary/aromatic N) is 3. The number of anilines is 2. The van der Waals surface area contributed by atoms with Gasteiger partial charge in [0.25, 0.3) is 0 Å². The molecule has 4 nitrogen and oxygen atoms in total. The van der Waals surface area contributed by atoms with Gasteiger partial charge in [-0.3, -0.25) is 0 Å². The molecule has 2 aromatic carbocycles. The summed E-state index contributed by atoms with van der Waals surface area (Å²) in [6.07, 6.45) is 7.53. The van der Waals surface area contributed by atoms with Crippen molar-refractivity contribution in [1.82, 2.24) is 4.90 Å². The fourth-order valence-electron chi connectivity index (χ4n) is 6.14. The van der Waals surface area contributed by atoms with Gasteiger partial charge < -0.3 is 19.4 Å². The predicted molar refractivity (Wildman–Crippen MR) is 130 cm³/mol. The van der Waals surface area contributed by atoms with Crippen LogP contribution in [0.2, 0.25) is 0 Å². The van der Waals surface area contributed by atoms with E-state index in [0.29, 0.717) is 12.0 Å². The van der Waals surface area contributed by atoms with E-state index in [1.807, 2.05) is 0 Å². The molecule has 4 heteroatoms. The van der Waals surface area contributed by atoms with Crippen LogP contribution in [0.5, 0.6) is 5.75 Å². The molecular formula is C27H37N3O. The summed E-state index contributed by atoms with van der Waals surface area (Å²) in [6.45, 7) is 6.12. The average molecular weight is 420 g/mol. The van der Waals surface area contributed by atoms with Gasteiger partial charge >= 0.3 is 0 Å². The number of hydrogen-bond donors (Lipinski definition) is 0. The molecule has 3 heterocycles. The minimum absolute atomic E-state index is 0.684. The van der Waals surface area contributed by atoms with Crippen LogP contribution >= 0.6 is 0 Å². The van der Waals surface area contributed by atoms with E-state index in [-0.39, 0.29) is 0 Å². The number of aryl methyl sites for hydroxylation is 1. The Bertz CT molecular complexity index is 898. The predicted octanol–water partition coefficient (Wildman–Crippen LogP) is 4.93. The first kappa shape index (κ1) is 20.7. The molecule has 2 atom stereocenters. The summed E-state index contributed by atoms with van der Waals surface area (Å²) in [5, 5.41) is 0. The molecule has 0 radical (unpaired) electrons. The van der Waals surface area contributed by atoms with Crippen LogP contribution in [0.1, 0.15) is 49.1 Å². The van der Waals surface area contributed by atoms with Gasteiger partial charge in [-0.25, -0.2) is 0 Å². The number of ether oxygens (including phenoxy) is 1. The molecule has 166 valence electrons. The van der Waals surface area contributed by atoms with Crippen molar-refractivity contribution in [2.24, 2.45) is 0 Å². The lowest BCUT2D eigenvalue weighted by Crippen LogP contribution is -2.46. The molecule has 2 aromatic rings. The summed E-state index contributed by atoms with van der Waals surface area (Å²) in [5.74, 6) is 1.72. The molecular weight excluding hydrogens is 382 g/mol. The topological polar surface area (TPSA) is 19.0 Å². The molecule has 1 fully saturated rings. The van der Waals surface area contributed by atoms with Crippen LogP contribution in [0.15, 0.2) is 42.5 Å². The van der Waals surface area contributed by atoms with Gasteiger partial charge in [-0.15, -0.1) is 0 Å². The zero-order chi connectivity index (χ0) is 21.2. The van der Waals surface area contributed by atoms with Crippen molar-refractivity contribution in [3.05, 3.63) is 53.6 Å². The zero-order valence-electron chi connectivity index (χ0n) is 19.2. The van der Waals surface area contributed by atoms with E-state index in [1.54, 1.807) is 18.4 Å². The molecule has 31 heavy (non-hydrogen) atoms. The number of likely N-dealkylation sites (tertiary alicyclic amines) is 1. The Morgan fingerprint density at radius 2 is 1.87 bits per heavy atom. The number of piperidine rings is 1. The van der Waals surface area contributed by atoms with E-state index in [4.69, 9.17) is 4.74 Å². The lowest BCUT2D eigenvalue weighted by molar-refractivity contribution is 0.190. The fourth-order valence-corrected chi connectivity index (χ4v) is 6.14. The van der Waals surface area contributed by atoms with E-state index < -0.39 is 0 Å². The summed E-state index contributed by atoms with van der Waals surface area (Å²) in [6, 6.07) is 16.2. The summed E-state index contributed by atoms with van der Waals surface area (Å²) in [7, 11) is 4.03. The standard InChI is InChI=1S/C27H37N3O/c1-28-16-9-18-30-24-15-19-29(20-23(24)22-12-8-13-25(28)27(22)30)17-7-3-4-10-21-11-5-6-14-26(21)31-2/h5-6,8,11-14,23-24H,3-4,7,9-10,15-20H2,1-2H3/t23-,24-/m1/s1. The van der Waals surface area contributed by atoms with Crippen molar-refractivity contribution in [1.29, 1.82) is 0 Å². The van der Waals surface area contributed by atoms with Gasteiger partial charge in [0.2, 0.25) is 0 Å². The van der Waals surface area contributed by atoms with Crippen LogP contribution < -0.4 is 14.5 Å². The second-order valence-corrected chi connectivity index (χ2v) is 9.57. The Morgan fingerprint density at radius 3 is 2.77 bits per heavy atom. The van der Waals surface area contributed by atoms with Crippen LogP contribution in [-0.4, -0.2) is 57.8 Å². The highest BCUT2D eigenvalue weighted by molar-refractivity contribution is 5.79. The second kappa shape index (κ2) is 9.12. The number of fused-ring (bicyclic) bond motifs is 3. The maximum Gasteiger partial charge on any atom is 0.122 e. The number of hydrogen-bond acceptors (Lipinski definition) is 4. The van der Waals surface area contributed by atoms with Crippen LogP contribution in [0, 0.1) is 0 Å². The van der Waals surface area contributed by atoms with Gasteiger partial charge in [0.15, 0.2) is 0 Å². The molecule has 0 saturated carbocycles. The molecule has 1 saturated heterocycles. The Labute approximate surface area is 187 Å². The summed E-state index contributed by atoms with van der Waals surface area (Å²) < 4.78 is 5.50. The van der Waals surface area contributed by atoms with E-state index in [9.17, 15) is 0 Å². The maximum atomic E-state index is 5.50. The Morgan fingerprint density at radius 1 is 0.968 bits per heavy atom. The summed E-state index contributed by atoms with van der Waals surface area (Å²) in [4.78, 5) is 7.97. The van der Waals surface area contributed by atoms with Gasteiger partial charge in [-0.05, 0) is 61.9 Å². The van der Waals surface area contributed by atoms with Crippen LogP contribution in [0.4, 0.5) is 11.4 Å². The number of para-hydroxylation sites is 2. The molecule has 0 aromatic heterocycles. The average Bonchev–Trinajstić information content (AvgIpc) is 3.01. The van der Waals surface area contributed by atoms with Gasteiger partial charge in [0.1, 0.15) is 5.75 Å². The van der Waals surface area contributed by atoms with Crippen LogP contribution in [-0.2, 0) is 6.42 Å². The number of methoxy groups -OCH3 is 1. The van der Waals surface area contributed by atoms with E-state index in [1.165, 1.54) is 76.1 Å². The first-order chi connectivity index (χ1) is 15.3. The van der Waals surface area contributed by atoms with Crippen molar-refractivity contribution < 1.29 is 4.74 Å². The summed E-state index contributed by atoms with van der Waals surface area (Å²) in [5.41, 5.74) is 5.95. The Kier molecular flexibility index (Phi) is 6.08. The third-order valence-corrected chi connectivity index (χ3v) is 7.71. The molecule has 0 bridgehead atoms. The van der Waals surface area contributed by atoms with Crippen LogP contribution in [0.25, 0.3) is 0 Å². The lowest BCUT2D eigenvalue weighted by Gasteiger charge is -2.39. The van der Waals surface area contributed by atoms with Crippen LogP contribution in [0.3, 0.4) is 0 Å². The minimum Gasteiger partial charge on any atom is -0.496 e. The largest absolute Gasteiger partial charge is 0.496 e. The number of unbranched alkanes of at least 4 members (excludes halogenated alkanes) is 2. The monoisotopic (exact) mass is 419 g/mol.